The lowest BCUT2D eigenvalue weighted by atomic mass is 9.97. The van der Waals surface area contributed by atoms with Crippen molar-refractivity contribution in [1.29, 1.82) is 0 Å². The molecule has 0 saturated carbocycles. The molecule has 1 aromatic heterocycles. The van der Waals surface area contributed by atoms with Crippen molar-refractivity contribution >= 4 is 17.4 Å². The first-order valence-electron chi connectivity index (χ1n) is 10.7. The van der Waals surface area contributed by atoms with E-state index in [1.165, 1.54) is 12.1 Å². The average molecular weight is 434 g/mol. The van der Waals surface area contributed by atoms with Crippen LogP contribution in [-0.4, -0.2) is 42.2 Å². The number of nitrogens with one attached hydrogen (secondary N) is 1. The van der Waals surface area contributed by atoms with Gasteiger partial charge in [0.2, 0.25) is 5.91 Å². The summed E-state index contributed by atoms with van der Waals surface area (Å²) in [6.07, 6.45) is 3.34. The summed E-state index contributed by atoms with van der Waals surface area (Å²) in [5.74, 6) is 1.99. The molecule has 2 aromatic carbocycles. The fraction of sp³-hybridized carbons (Fsp3) is 0.292. The molecule has 3 heterocycles. The Morgan fingerprint density at radius 2 is 1.97 bits per heavy atom. The zero-order valence-corrected chi connectivity index (χ0v) is 17.5. The first-order valence-corrected chi connectivity index (χ1v) is 10.7. The second kappa shape index (κ2) is 8.82. The Morgan fingerprint density at radius 3 is 2.84 bits per heavy atom. The van der Waals surface area contributed by atoms with Gasteiger partial charge in [-0.3, -0.25) is 4.79 Å². The maximum Gasteiger partial charge on any atom is 0.229 e. The number of ether oxygens (including phenoxy) is 2. The van der Waals surface area contributed by atoms with Gasteiger partial charge in [0.25, 0.3) is 0 Å². The predicted molar refractivity (Wildman–Crippen MR) is 118 cm³/mol. The van der Waals surface area contributed by atoms with Crippen LogP contribution in [0.25, 0.3) is 11.4 Å². The third-order valence-electron chi connectivity index (χ3n) is 5.65. The van der Waals surface area contributed by atoms with Gasteiger partial charge in [-0.05, 0) is 43.2 Å². The van der Waals surface area contributed by atoms with E-state index in [4.69, 9.17) is 9.47 Å². The van der Waals surface area contributed by atoms with E-state index in [2.05, 4.69) is 20.2 Å². The zero-order chi connectivity index (χ0) is 21.9. The highest BCUT2D eigenvalue weighted by Crippen LogP contribution is 2.33. The molecule has 8 heteroatoms. The molecule has 2 aliphatic heterocycles. The van der Waals surface area contributed by atoms with E-state index in [0.717, 1.165) is 25.2 Å². The summed E-state index contributed by atoms with van der Waals surface area (Å²) in [7, 11) is 0. The SMILES string of the molecule is O=C(Nc1ccc2c(c1)OCCO2)[C@@H]1CCCN(c2ccnc(-c3cccc(F)c3)n2)C1. The van der Waals surface area contributed by atoms with Crippen molar-refractivity contribution in [3.63, 3.8) is 0 Å². The van der Waals surface area contributed by atoms with E-state index >= 15 is 0 Å². The van der Waals surface area contributed by atoms with Crippen LogP contribution in [0.4, 0.5) is 15.9 Å². The minimum atomic E-state index is -0.328. The number of piperidine rings is 1. The first-order chi connectivity index (χ1) is 15.7. The van der Waals surface area contributed by atoms with Crippen LogP contribution < -0.4 is 19.7 Å². The molecule has 7 nitrogen and oxygen atoms in total. The van der Waals surface area contributed by atoms with Crippen LogP contribution in [0.1, 0.15) is 12.8 Å². The topological polar surface area (TPSA) is 76.6 Å². The highest BCUT2D eigenvalue weighted by atomic mass is 19.1. The van der Waals surface area contributed by atoms with Crippen LogP contribution >= 0.6 is 0 Å². The second-order valence-corrected chi connectivity index (χ2v) is 7.88. The summed E-state index contributed by atoms with van der Waals surface area (Å²) in [4.78, 5) is 23.9. The van der Waals surface area contributed by atoms with Crippen molar-refractivity contribution in [3.8, 4) is 22.9 Å². The number of hydrogen-bond donors (Lipinski definition) is 1. The van der Waals surface area contributed by atoms with Crippen molar-refractivity contribution in [2.75, 3.05) is 36.5 Å². The summed E-state index contributed by atoms with van der Waals surface area (Å²) in [6.45, 7) is 2.38. The molecule has 164 valence electrons. The number of aromatic nitrogens is 2. The lowest BCUT2D eigenvalue weighted by Crippen LogP contribution is -2.41. The average Bonchev–Trinajstić information content (AvgIpc) is 2.84. The number of halogens is 1. The molecular weight excluding hydrogens is 411 g/mol. The molecular formula is C24H23FN4O3. The van der Waals surface area contributed by atoms with Gasteiger partial charge in [-0.15, -0.1) is 0 Å². The zero-order valence-electron chi connectivity index (χ0n) is 17.5. The summed E-state index contributed by atoms with van der Waals surface area (Å²) < 4.78 is 24.7. The standard InChI is InChI=1S/C24H23FN4O3/c25-18-5-1-3-16(13-18)23-26-9-8-22(28-23)29-10-2-4-17(15-29)24(30)27-19-6-7-20-21(14-19)32-12-11-31-20/h1,3,5-9,13-14,17H,2,4,10-12,15H2,(H,27,30)/t17-/m1/s1. The number of carbonyl (C=O) groups excluding carboxylic acids is 1. The van der Waals surface area contributed by atoms with Crippen molar-refractivity contribution in [2.24, 2.45) is 5.92 Å². The van der Waals surface area contributed by atoms with Crippen molar-refractivity contribution < 1.29 is 18.7 Å². The van der Waals surface area contributed by atoms with Gasteiger partial charge in [0, 0.05) is 36.6 Å². The number of rotatable bonds is 4. The van der Waals surface area contributed by atoms with Crippen LogP contribution in [0.2, 0.25) is 0 Å². The normalized spacial score (nSPS) is 17.7. The van der Waals surface area contributed by atoms with Crippen LogP contribution in [0.5, 0.6) is 11.5 Å². The third kappa shape index (κ3) is 4.34. The number of anilines is 2. The van der Waals surface area contributed by atoms with E-state index < -0.39 is 0 Å². The molecule has 0 bridgehead atoms. The van der Waals surface area contributed by atoms with Crippen LogP contribution in [0.3, 0.4) is 0 Å². The molecule has 1 atom stereocenters. The van der Waals surface area contributed by atoms with Crippen LogP contribution in [0, 0.1) is 11.7 Å². The Hall–Kier alpha value is -3.68. The number of benzene rings is 2. The molecule has 0 radical (unpaired) electrons. The molecule has 5 rings (SSSR count). The molecule has 1 fully saturated rings. The molecule has 2 aliphatic rings. The lowest BCUT2D eigenvalue weighted by Gasteiger charge is -2.33. The van der Waals surface area contributed by atoms with E-state index in [1.807, 2.05) is 18.2 Å². The van der Waals surface area contributed by atoms with Crippen LogP contribution in [0.15, 0.2) is 54.7 Å². The van der Waals surface area contributed by atoms with Crippen LogP contribution in [-0.2, 0) is 4.79 Å². The first kappa shape index (κ1) is 20.2. The van der Waals surface area contributed by atoms with Crippen molar-refractivity contribution in [3.05, 3.63) is 60.5 Å². The van der Waals surface area contributed by atoms with E-state index in [0.29, 0.717) is 48.3 Å². The summed E-state index contributed by atoms with van der Waals surface area (Å²) in [5.41, 5.74) is 1.31. The molecule has 1 N–H and O–H groups in total. The van der Waals surface area contributed by atoms with Gasteiger partial charge in [0.15, 0.2) is 17.3 Å². The van der Waals surface area contributed by atoms with E-state index in [1.54, 1.807) is 24.4 Å². The fourth-order valence-electron chi connectivity index (χ4n) is 4.06. The number of nitrogens with zero attached hydrogens (tertiary/aromatic N) is 3. The van der Waals surface area contributed by atoms with Gasteiger partial charge in [0.1, 0.15) is 24.8 Å². The molecule has 1 saturated heterocycles. The minimum Gasteiger partial charge on any atom is -0.486 e. The Bertz CT molecular complexity index is 1140. The minimum absolute atomic E-state index is 0.0363. The Labute approximate surface area is 185 Å². The third-order valence-corrected chi connectivity index (χ3v) is 5.65. The molecule has 32 heavy (non-hydrogen) atoms. The molecule has 0 unspecified atom stereocenters. The van der Waals surface area contributed by atoms with E-state index in [-0.39, 0.29) is 17.6 Å². The number of hydrogen-bond acceptors (Lipinski definition) is 6. The van der Waals surface area contributed by atoms with Gasteiger partial charge in [-0.25, -0.2) is 14.4 Å². The highest BCUT2D eigenvalue weighted by molar-refractivity contribution is 5.93. The van der Waals surface area contributed by atoms with Gasteiger partial charge < -0.3 is 19.7 Å². The summed E-state index contributed by atoms with van der Waals surface area (Å²) in [6, 6.07) is 13.5. The smallest absolute Gasteiger partial charge is 0.229 e. The number of carbonyl (C=O) groups is 1. The van der Waals surface area contributed by atoms with Crippen molar-refractivity contribution in [1.82, 2.24) is 9.97 Å². The molecule has 0 spiro atoms. The summed E-state index contributed by atoms with van der Waals surface area (Å²) >= 11 is 0. The van der Waals surface area contributed by atoms with Gasteiger partial charge in [-0.1, -0.05) is 12.1 Å². The predicted octanol–water partition coefficient (Wildman–Crippen LogP) is 3.91. The fourth-order valence-corrected chi connectivity index (χ4v) is 4.06. The summed E-state index contributed by atoms with van der Waals surface area (Å²) in [5, 5.41) is 3.00. The highest BCUT2D eigenvalue weighted by Gasteiger charge is 2.27. The largest absolute Gasteiger partial charge is 0.486 e. The Morgan fingerprint density at radius 1 is 1.09 bits per heavy atom. The van der Waals surface area contributed by atoms with Gasteiger partial charge in [-0.2, -0.15) is 0 Å². The maximum absolute atomic E-state index is 13.6. The quantitative estimate of drug-likeness (QED) is 0.671. The monoisotopic (exact) mass is 434 g/mol. The van der Waals surface area contributed by atoms with Gasteiger partial charge >= 0.3 is 0 Å². The molecule has 0 aliphatic carbocycles. The second-order valence-electron chi connectivity index (χ2n) is 7.88. The lowest BCUT2D eigenvalue weighted by molar-refractivity contribution is -0.120. The number of amides is 1. The van der Waals surface area contributed by atoms with E-state index in [9.17, 15) is 9.18 Å². The molecule has 3 aromatic rings. The van der Waals surface area contributed by atoms with Crippen molar-refractivity contribution in [2.45, 2.75) is 12.8 Å². The Balaban J connectivity index is 1.28. The van der Waals surface area contributed by atoms with Gasteiger partial charge in [0.05, 0.1) is 5.92 Å². The number of fused-ring (bicyclic) bond motifs is 1. The Kier molecular flexibility index (Phi) is 5.58. The molecule has 1 amide bonds. The maximum atomic E-state index is 13.6.